The first kappa shape index (κ1) is 11.3. The van der Waals surface area contributed by atoms with Crippen LogP contribution in [0.3, 0.4) is 0 Å². The Kier molecular flexibility index (Phi) is 5.40. The number of aromatic nitrogens is 2. The van der Waals surface area contributed by atoms with Crippen molar-refractivity contribution in [2.45, 2.75) is 0 Å². The Bertz CT molecular complexity index is 293. The first-order valence-corrected chi connectivity index (χ1v) is 5.76. The fourth-order valence-corrected chi connectivity index (χ4v) is 1.57. The van der Waals surface area contributed by atoms with Crippen LogP contribution >= 0.6 is 23.4 Å². The summed E-state index contributed by atoms with van der Waals surface area (Å²) in [6.07, 6.45) is 3.34. The molecule has 0 spiro atoms. The second kappa shape index (κ2) is 6.68. The quantitative estimate of drug-likeness (QED) is 0.462. The van der Waals surface area contributed by atoms with Crippen molar-refractivity contribution < 1.29 is 0 Å². The Morgan fingerprint density at radius 3 is 3.14 bits per heavy atom. The van der Waals surface area contributed by atoms with Gasteiger partial charge in [0.05, 0.1) is 0 Å². The molecular formula is C9H12ClN3S. The van der Waals surface area contributed by atoms with Crippen LogP contribution in [-0.2, 0) is 0 Å². The highest BCUT2D eigenvalue weighted by Gasteiger charge is 1.94. The number of hydrogen-bond donors (Lipinski definition) is 1. The average molecular weight is 230 g/mol. The highest BCUT2D eigenvalue weighted by Crippen LogP contribution is 2.08. The van der Waals surface area contributed by atoms with E-state index in [0.29, 0.717) is 5.15 Å². The Balaban J connectivity index is 2.21. The van der Waals surface area contributed by atoms with Crippen molar-refractivity contribution in [3.8, 4) is 0 Å². The van der Waals surface area contributed by atoms with Crippen LogP contribution in [0.15, 0.2) is 25.0 Å². The Morgan fingerprint density at radius 2 is 2.43 bits per heavy atom. The predicted molar refractivity (Wildman–Crippen MR) is 63.1 cm³/mol. The molecule has 0 radical (unpaired) electrons. The summed E-state index contributed by atoms with van der Waals surface area (Å²) in [7, 11) is 0. The fraction of sp³-hybridized carbons (Fsp3) is 0.333. The van der Waals surface area contributed by atoms with Crippen molar-refractivity contribution in [2.75, 3.05) is 23.4 Å². The van der Waals surface area contributed by atoms with Gasteiger partial charge in [0.25, 0.3) is 0 Å². The van der Waals surface area contributed by atoms with Crippen molar-refractivity contribution in [3.63, 3.8) is 0 Å². The van der Waals surface area contributed by atoms with Gasteiger partial charge in [0, 0.05) is 24.1 Å². The predicted octanol–water partition coefficient (Wildman–Crippen LogP) is 2.46. The van der Waals surface area contributed by atoms with Crippen LogP contribution in [0.5, 0.6) is 0 Å². The topological polar surface area (TPSA) is 37.8 Å². The molecule has 0 saturated carbocycles. The molecule has 0 aromatic carbocycles. The smallest absolute Gasteiger partial charge is 0.134 e. The maximum absolute atomic E-state index is 5.70. The van der Waals surface area contributed by atoms with Gasteiger partial charge >= 0.3 is 0 Å². The van der Waals surface area contributed by atoms with Gasteiger partial charge in [-0.2, -0.15) is 11.8 Å². The Labute approximate surface area is 93.0 Å². The SMILES string of the molecule is C=CCSCCNc1cc(Cl)ncn1. The van der Waals surface area contributed by atoms with Crippen molar-refractivity contribution in [3.05, 3.63) is 30.2 Å². The minimum atomic E-state index is 0.459. The zero-order chi connectivity index (χ0) is 10.2. The molecule has 0 fully saturated rings. The monoisotopic (exact) mass is 229 g/mol. The number of halogens is 1. The molecule has 0 unspecified atom stereocenters. The molecule has 0 aliphatic rings. The van der Waals surface area contributed by atoms with Crippen LogP contribution in [0, 0.1) is 0 Å². The lowest BCUT2D eigenvalue weighted by Crippen LogP contribution is -2.05. The normalized spacial score (nSPS) is 9.79. The second-order valence-corrected chi connectivity index (χ2v) is 4.05. The van der Waals surface area contributed by atoms with E-state index in [1.807, 2.05) is 17.8 Å². The lowest BCUT2D eigenvalue weighted by Gasteiger charge is -2.03. The standard InChI is InChI=1S/C9H12ClN3S/c1-2-4-14-5-3-11-9-6-8(10)12-7-13-9/h2,6-7H,1,3-5H2,(H,11,12,13). The summed E-state index contributed by atoms with van der Waals surface area (Å²) >= 11 is 7.52. The van der Waals surface area contributed by atoms with Crippen LogP contribution < -0.4 is 5.32 Å². The maximum atomic E-state index is 5.70. The lowest BCUT2D eigenvalue weighted by atomic mass is 10.5. The lowest BCUT2D eigenvalue weighted by molar-refractivity contribution is 1.12. The molecule has 5 heteroatoms. The van der Waals surface area contributed by atoms with Gasteiger partial charge in [0.15, 0.2) is 0 Å². The number of anilines is 1. The number of nitrogens with one attached hydrogen (secondary N) is 1. The molecule has 0 aliphatic heterocycles. The molecule has 1 N–H and O–H groups in total. The molecular weight excluding hydrogens is 218 g/mol. The number of thioether (sulfide) groups is 1. The fourth-order valence-electron chi connectivity index (χ4n) is 0.848. The second-order valence-electron chi connectivity index (χ2n) is 2.52. The highest BCUT2D eigenvalue weighted by atomic mass is 35.5. The van der Waals surface area contributed by atoms with Crippen molar-refractivity contribution in [1.82, 2.24) is 9.97 Å². The maximum Gasteiger partial charge on any atom is 0.134 e. The van der Waals surface area contributed by atoms with Crippen molar-refractivity contribution in [1.29, 1.82) is 0 Å². The van der Waals surface area contributed by atoms with Crippen molar-refractivity contribution >= 4 is 29.2 Å². The van der Waals surface area contributed by atoms with Gasteiger partial charge in [-0.1, -0.05) is 17.7 Å². The zero-order valence-corrected chi connectivity index (χ0v) is 9.31. The van der Waals surface area contributed by atoms with Crippen LogP contribution in [0.2, 0.25) is 5.15 Å². The third-order valence-electron chi connectivity index (χ3n) is 1.42. The number of hydrogen-bond acceptors (Lipinski definition) is 4. The van der Waals surface area contributed by atoms with E-state index in [9.17, 15) is 0 Å². The molecule has 1 rings (SSSR count). The third-order valence-corrected chi connectivity index (χ3v) is 2.59. The van der Waals surface area contributed by atoms with Gasteiger partial charge in [-0.3, -0.25) is 0 Å². The van der Waals surface area contributed by atoms with Crippen LogP contribution in [0.4, 0.5) is 5.82 Å². The molecule has 1 heterocycles. The summed E-state index contributed by atoms with van der Waals surface area (Å²) in [5.41, 5.74) is 0. The summed E-state index contributed by atoms with van der Waals surface area (Å²) in [5, 5.41) is 3.61. The number of rotatable bonds is 6. The van der Waals surface area contributed by atoms with Crippen LogP contribution in [0.25, 0.3) is 0 Å². The minimum Gasteiger partial charge on any atom is -0.369 e. The minimum absolute atomic E-state index is 0.459. The van der Waals surface area contributed by atoms with E-state index in [1.165, 1.54) is 6.33 Å². The molecule has 76 valence electrons. The van der Waals surface area contributed by atoms with Gasteiger partial charge in [-0.25, -0.2) is 9.97 Å². The summed E-state index contributed by atoms with van der Waals surface area (Å²) in [4.78, 5) is 7.81. The van der Waals surface area contributed by atoms with E-state index in [4.69, 9.17) is 11.6 Å². The molecule has 0 amide bonds. The molecule has 0 bridgehead atoms. The summed E-state index contributed by atoms with van der Waals surface area (Å²) < 4.78 is 0. The van der Waals surface area contributed by atoms with Crippen LogP contribution in [-0.4, -0.2) is 28.0 Å². The summed E-state index contributed by atoms with van der Waals surface area (Å²) in [6, 6.07) is 1.71. The molecule has 0 aliphatic carbocycles. The number of nitrogens with zero attached hydrogens (tertiary/aromatic N) is 2. The molecule has 1 aromatic rings. The molecule has 0 saturated heterocycles. The first-order chi connectivity index (χ1) is 6.83. The van der Waals surface area contributed by atoms with Gasteiger partial charge in [0.1, 0.15) is 17.3 Å². The zero-order valence-electron chi connectivity index (χ0n) is 7.74. The Hall–Kier alpha value is -0.740. The van der Waals surface area contributed by atoms with Crippen molar-refractivity contribution in [2.24, 2.45) is 0 Å². The van der Waals surface area contributed by atoms with E-state index in [1.54, 1.807) is 6.07 Å². The third kappa shape index (κ3) is 4.48. The molecule has 3 nitrogen and oxygen atoms in total. The van der Waals surface area contributed by atoms with Gasteiger partial charge < -0.3 is 5.32 Å². The van der Waals surface area contributed by atoms with Crippen LogP contribution in [0.1, 0.15) is 0 Å². The molecule has 14 heavy (non-hydrogen) atoms. The van der Waals surface area contributed by atoms with E-state index < -0.39 is 0 Å². The van der Waals surface area contributed by atoms with E-state index >= 15 is 0 Å². The van der Waals surface area contributed by atoms with E-state index in [-0.39, 0.29) is 0 Å². The molecule has 1 aromatic heterocycles. The average Bonchev–Trinajstić information content (AvgIpc) is 2.18. The van der Waals surface area contributed by atoms with E-state index in [2.05, 4.69) is 21.9 Å². The van der Waals surface area contributed by atoms with E-state index in [0.717, 1.165) is 23.9 Å². The van der Waals surface area contributed by atoms with Gasteiger partial charge in [-0.05, 0) is 0 Å². The van der Waals surface area contributed by atoms with Gasteiger partial charge in [-0.15, -0.1) is 6.58 Å². The summed E-state index contributed by atoms with van der Waals surface area (Å²) in [5.74, 6) is 2.77. The Morgan fingerprint density at radius 1 is 1.57 bits per heavy atom. The van der Waals surface area contributed by atoms with Gasteiger partial charge in [0.2, 0.25) is 0 Å². The first-order valence-electron chi connectivity index (χ1n) is 4.23. The highest BCUT2D eigenvalue weighted by molar-refractivity contribution is 7.99. The largest absolute Gasteiger partial charge is 0.369 e. The summed E-state index contributed by atoms with van der Waals surface area (Å²) in [6.45, 7) is 4.52. The molecule has 0 atom stereocenters.